The van der Waals surface area contributed by atoms with E-state index in [2.05, 4.69) is 9.47 Å². The molecule has 2 aromatic rings. The average Bonchev–Trinajstić information content (AvgIpc) is 2.73. The number of nitrogens with zero attached hydrogens (tertiary/aromatic N) is 1. The maximum Gasteiger partial charge on any atom is 0.344 e. The molecule has 0 spiro atoms. The van der Waals surface area contributed by atoms with Crippen molar-refractivity contribution in [3.8, 4) is 11.5 Å². The Morgan fingerprint density at radius 1 is 0.625 bits per heavy atom. The van der Waals surface area contributed by atoms with Crippen LogP contribution in [0.25, 0.3) is 0 Å². The Morgan fingerprint density at radius 2 is 0.906 bits per heavy atom. The molecule has 7 nitrogen and oxygen atoms in total. The van der Waals surface area contributed by atoms with Gasteiger partial charge in [-0.25, -0.2) is 16.8 Å². The van der Waals surface area contributed by atoms with Crippen LogP contribution >= 0.6 is 0 Å². The van der Waals surface area contributed by atoms with Gasteiger partial charge in [-0.1, -0.05) is 3.71 Å². The minimum atomic E-state index is -4.71. The molecule has 2 aromatic carbocycles. The highest BCUT2D eigenvalue weighted by atomic mass is 32.3. The van der Waals surface area contributed by atoms with Gasteiger partial charge in [0.2, 0.25) is 0 Å². The maximum atomic E-state index is 12.8. The quantitative estimate of drug-likeness (QED) is 0.389. The van der Waals surface area contributed by atoms with Crippen molar-refractivity contribution < 1.29 is 52.7 Å². The summed E-state index contributed by atoms with van der Waals surface area (Å²) in [6.45, 7) is 0. The predicted octanol–water partition coefficient (Wildman–Crippen LogP) is 4.52. The summed E-state index contributed by atoms with van der Waals surface area (Å²) in [6, 6.07) is 2.02. The van der Waals surface area contributed by atoms with Crippen LogP contribution in [0.15, 0.2) is 82.5 Å². The highest BCUT2D eigenvalue weighted by Crippen LogP contribution is 2.27. The number of sulfonamides is 2. The summed E-state index contributed by atoms with van der Waals surface area (Å²) in [5.41, 5.74) is 0. The monoisotopic (exact) mass is 503 g/mol. The van der Waals surface area contributed by atoms with Crippen molar-refractivity contribution >= 4 is 20.0 Å². The van der Waals surface area contributed by atoms with Gasteiger partial charge in [-0.05, 0) is 48.5 Å². The lowest BCUT2D eigenvalue weighted by atomic mass is 10.3. The van der Waals surface area contributed by atoms with E-state index in [1.165, 1.54) is 0 Å². The molecule has 0 aliphatic carbocycles. The lowest BCUT2D eigenvalue weighted by Gasteiger charge is -2.18. The smallest absolute Gasteiger partial charge is 0.344 e. The molecule has 0 atom stereocenters. The first-order valence-electron chi connectivity index (χ1n) is 7.98. The second kappa shape index (κ2) is 9.62. The van der Waals surface area contributed by atoms with Crippen molar-refractivity contribution in [1.82, 2.24) is 3.71 Å². The van der Waals surface area contributed by atoms with Gasteiger partial charge in [0.05, 0.1) is 9.79 Å². The van der Waals surface area contributed by atoms with Gasteiger partial charge in [0.15, 0.2) is 0 Å². The fraction of sp³-hybridized carbons (Fsp3) is 0.0588. The second-order valence-corrected chi connectivity index (χ2v) is 9.77. The van der Waals surface area contributed by atoms with Crippen molar-refractivity contribution in [1.29, 1.82) is 0 Å². The number of rotatable bonds is 8. The van der Waals surface area contributed by atoms with Crippen molar-refractivity contribution in [2.75, 3.05) is 7.05 Å². The van der Waals surface area contributed by atoms with Gasteiger partial charge >= 0.3 is 24.2 Å². The standard InChI is InChI=1S/C17H11F6NO6S2/c1-24(31(25,26)12-6-2-10(3-7-12)29-16(22)14(18)19)32(27,28)13-8-4-11(5-9-13)30-17(23)15(20)21/h2-9H,1H3. The molecule has 15 heteroatoms. The van der Waals surface area contributed by atoms with Crippen LogP contribution in [0.3, 0.4) is 0 Å². The van der Waals surface area contributed by atoms with Crippen LogP contribution in [0.2, 0.25) is 0 Å². The van der Waals surface area contributed by atoms with Crippen LogP contribution in [-0.4, -0.2) is 27.6 Å². The van der Waals surface area contributed by atoms with E-state index in [0.29, 0.717) is 7.05 Å². The Balaban J connectivity index is 2.29. The maximum absolute atomic E-state index is 12.8. The Morgan fingerprint density at radius 3 is 1.16 bits per heavy atom. The Labute approximate surface area is 177 Å². The van der Waals surface area contributed by atoms with Crippen LogP contribution in [0.1, 0.15) is 0 Å². The van der Waals surface area contributed by atoms with Crippen LogP contribution in [0, 0.1) is 0 Å². The molecule has 0 saturated carbocycles. The van der Waals surface area contributed by atoms with Crippen molar-refractivity contribution in [3.63, 3.8) is 0 Å². The molecule has 0 saturated heterocycles. The van der Waals surface area contributed by atoms with Crippen LogP contribution in [0.5, 0.6) is 11.5 Å². The van der Waals surface area contributed by atoms with Gasteiger partial charge in [0.1, 0.15) is 11.5 Å². The summed E-state index contributed by atoms with van der Waals surface area (Å²) in [7, 11) is -8.72. The van der Waals surface area contributed by atoms with Crippen molar-refractivity contribution in [2.24, 2.45) is 0 Å². The first kappa shape index (κ1) is 25.2. The highest BCUT2D eigenvalue weighted by molar-refractivity contribution is 8.04. The molecular formula is C17H11F6NO6S2. The molecule has 174 valence electrons. The third-order valence-corrected chi connectivity index (χ3v) is 7.90. The van der Waals surface area contributed by atoms with E-state index in [4.69, 9.17) is 0 Å². The highest BCUT2D eigenvalue weighted by Gasteiger charge is 2.33. The largest absolute Gasteiger partial charge is 0.428 e. The topological polar surface area (TPSA) is 90.0 Å². The van der Waals surface area contributed by atoms with Gasteiger partial charge in [-0.3, -0.25) is 0 Å². The fourth-order valence-electron chi connectivity index (χ4n) is 2.07. The molecule has 0 radical (unpaired) electrons. The Hall–Kier alpha value is -3.04. The number of hydrogen-bond acceptors (Lipinski definition) is 6. The van der Waals surface area contributed by atoms with E-state index in [1.807, 2.05) is 0 Å². The van der Waals surface area contributed by atoms with E-state index in [-0.39, 0.29) is 3.71 Å². The van der Waals surface area contributed by atoms with Gasteiger partial charge in [0, 0.05) is 7.05 Å². The molecule has 0 aromatic heterocycles. The molecule has 2 rings (SSSR count). The zero-order chi connectivity index (χ0) is 24.3. The normalized spacial score (nSPS) is 11.8. The first-order chi connectivity index (χ1) is 14.8. The molecule has 0 bridgehead atoms. The summed E-state index contributed by atoms with van der Waals surface area (Å²) in [5, 5.41) is 0. The van der Waals surface area contributed by atoms with Crippen LogP contribution in [0.4, 0.5) is 26.3 Å². The lowest BCUT2D eigenvalue weighted by molar-refractivity contribution is 0.241. The van der Waals surface area contributed by atoms with Crippen LogP contribution in [-0.2, 0) is 20.0 Å². The Bertz CT molecular complexity index is 1150. The zero-order valence-electron chi connectivity index (χ0n) is 15.6. The fourth-order valence-corrected chi connectivity index (χ4v) is 5.17. The molecule has 0 amide bonds. The van der Waals surface area contributed by atoms with Crippen molar-refractivity contribution in [2.45, 2.75) is 9.79 Å². The molecule has 0 aliphatic heterocycles. The molecule has 32 heavy (non-hydrogen) atoms. The number of halogens is 6. The first-order valence-corrected chi connectivity index (χ1v) is 10.9. The molecule has 0 unspecified atom stereocenters. The molecule has 0 aliphatic rings. The van der Waals surface area contributed by atoms with E-state index in [1.54, 1.807) is 0 Å². The minimum Gasteiger partial charge on any atom is -0.428 e. The SMILES string of the molecule is CN(S(=O)(=O)c1ccc(OC(F)=C(F)F)cc1)S(=O)(=O)c1ccc(OC(F)=C(F)F)cc1. The van der Waals surface area contributed by atoms with Crippen molar-refractivity contribution in [3.05, 3.63) is 72.7 Å². The summed E-state index contributed by atoms with van der Waals surface area (Å²) in [6.07, 6.45) is -5.48. The number of benzene rings is 2. The third kappa shape index (κ3) is 5.60. The van der Waals surface area contributed by atoms with E-state index < -0.39 is 65.5 Å². The van der Waals surface area contributed by atoms with E-state index in [0.717, 1.165) is 48.5 Å². The zero-order valence-corrected chi connectivity index (χ0v) is 17.2. The average molecular weight is 503 g/mol. The molecule has 0 heterocycles. The van der Waals surface area contributed by atoms with Gasteiger partial charge in [-0.2, -0.15) is 26.3 Å². The summed E-state index contributed by atoms with van der Waals surface area (Å²) in [4.78, 5) is -1.21. The van der Waals surface area contributed by atoms with Gasteiger partial charge < -0.3 is 9.47 Å². The van der Waals surface area contributed by atoms with Gasteiger partial charge in [-0.15, -0.1) is 0 Å². The minimum absolute atomic E-state index is 0.0187. The second-order valence-electron chi connectivity index (χ2n) is 5.60. The number of ether oxygens (including phenoxy) is 2. The molecule has 0 N–H and O–H groups in total. The third-order valence-electron chi connectivity index (χ3n) is 3.63. The summed E-state index contributed by atoms with van der Waals surface area (Å²) >= 11 is 0. The molecular weight excluding hydrogens is 492 g/mol. The number of hydrogen-bond donors (Lipinski definition) is 0. The summed E-state index contributed by atoms with van der Waals surface area (Å²) < 4.78 is 133. The Kier molecular flexibility index (Phi) is 7.58. The molecule has 0 fully saturated rings. The predicted molar refractivity (Wildman–Crippen MR) is 97.0 cm³/mol. The van der Waals surface area contributed by atoms with E-state index in [9.17, 15) is 43.2 Å². The van der Waals surface area contributed by atoms with Crippen LogP contribution < -0.4 is 9.47 Å². The lowest BCUT2D eigenvalue weighted by Crippen LogP contribution is -2.33. The summed E-state index contributed by atoms with van der Waals surface area (Å²) in [5.74, 6) is -0.970. The van der Waals surface area contributed by atoms with Gasteiger partial charge in [0.25, 0.3) is 20.0 Å². The van der Waals surface area contributed by atoms with E-state index >= 15 is 0 Å².